The van der Waals surface area contributed by atoms with Crippen LogP contribution in [0.15, 0.2) is 35.7 Å². The zero-order valence-electron chi connectivity index (χ0n) is 11.2. The Kier molecular flexibility index (Phi) is 5.12. The number of carbonyl (C=O) groups is 1. The fourth-order valence-electron chi connectivity index (χ4n) is 1.91. The van der Waals surface area contributed by atoms with Gasteiger partial charge in [0, 0.05) is 11.4 Å². The number of hydrogen-bond donors (Lipinski definition) is 1. The molecule has 0 aliphatic rings. The molecule has 20 heavy (non-hydrogen) atoms. The van der Waals surface area contributed by atoms with Gasteiger partial charge >= 0.3 is 0 Å². The van der Waals surface area contributed by atoms with Gasteiger partial charge in [0.1, 0.15) is 11.6 Å². The van der Waals surface area contributed by atoms with Crippen molar-refractivity contribution < 1.29 is 13.9 Å². The van der Waals surface area contributed by atoms with Gasteiger partial charge in [0.25, 0.3) is 0 Å². The van der Waals surface area contributed by atoms with E-state index in [4.69, 9.17) is 4.74 Å². The largest absolute Gasteiger partial charge is 0.496 e. The van der Waals surface area contributed by atoms with Gasteiger partial charge in [-0.05, 0) is 41.6 Å². The number of amides is 1. The summed E-state index contributed by atoms with van der Waals surface area (Å²) in [5, 5.41) is 4.77. The molecule has 1 aromatic heterocycles. The number of ether oxygens (including phenoxy) is 1. The summed E-state index contributed by atoms with van der Waals surface area (Å²) in [6, 6.07) is 8.24. The van der Waals surface area contributed by atoms with Crippen LogP contribution in [0.1, 0.15) is 10.4 Å². The molecule has 0 saturated heterocycles. The number of carbonyl (C=O) groups excluding carboxylic acids is 1. The van der Waals surface area contributed by atoms with Crippen molar-refractivity contribution in [3.05, 3.63) is 52.0 Å². The molecule has 1 aromatic carbocycles. The van der Waals surface area contributed by atoms with Crippen LogP contribution in [0.2, 0.25) is 0 Å². The molecule has 3 nitrogen and oxygen atoms in total. The van der Waals surface area contributed by atoms with E-state index >= 15 is 0 Å². The lowest BCUT2D eigenvalue weighted by molar-refractivity contribution is -0.120. The van der Waals surface area contributed by atoms with Crippen molar-refractivity contribution in [3.63, 3.8) is 0 Å². The first-order valence-electron chi connectivity index (χ1n) is 6.30. The number of rotatable bonds is 6. The highest BCUT2D eigenvalue weighted by Gasteiger charge is 2.07. The first kappa shape index (κ1) is 14.5. The molecule has 0 aliphatic heterocycles. The summed E-state index contributed by atoms with van der Waals surface area (Å²) < 4.78 is 18.3. The van der Waals surface area contributed by atoms with Crippen molar-refractivity contribution >= 4 is 17.2 Å². The van der Waals surface area contributed by atoms with Gasteiger partial charge in [-0.3, -0.25) is 4.79 Å². The van der Waals surface area contributed by atoms with Crippen molar-refractivity contribution in [3.8, 4) is 5.75 Å². The SMILES string of the molecule is COc1ccc(F)cc1CCNC(=O)Cc1cccs1. The number of methoxy groups -OCH3 is 1. The monoisotopic (exact) mass is 293 g/mol. The molecule has 5 heteroatoms. The number of benzene rings is 1. The molecule has 0 spiro atoms. The minimum atomic E-state index is -0.300. The van der Waals surface area contributed by atoms with E-state index < -0.39 is 0 Å². The van der Waals surface area contributed by atoms with Gasteiger partial charge in [-0.25, -0.2) is 4.39 Å². The van der Waals surface area contributed by atoms with E-state index in [1.165, 1.54) is 12.1 Å². The Hall–Kier alpha value is -1.88. The normalized spacial score (nSPS) is 10.3. The first-order valence-corrected chi connectivity index (χ1v) is 7.18. The Morgan fingerprint density at radius 3 is 2.95 bits per heavy atom. The number of hydrogen-bond acceptors (Lipinski definition) is 3. The average Bonchev–Trinajstić information content (AvgIpc) is 2.92. The highest BCUT2D eigenvalue weighted by Crippen LogP contribution is 2.19. The van der Waals surface area contributed by atoms with Gasteiger partial charge < -0.3 is 10.1 Å². The maximum Gasteiger partial charge on any atom is 0.225 e. The predicted octanol–water partition coefficient (Wildman–Crippen LogP) is 2.80. The summed E-state index contributed by atoms with van der Waals surface area (Å²) in [6.07, 6.45) is 0.926. The summed E-state index contributed by atoms with van der Waals surface area (Å²) >= 11 is 1.56. The lowest BCUT2D eigenvalue weighted by Gasteiger charge is -2.09. The Bertz CT molecular complexity index is 569. The van der Waals surface area contributed by atoms with E-state index in [9.17, 15) is 9.18 Å². The van der Waals surface area contributed by atoms with E-state index in [-0.39, 0.29) is 11.7 Å². The molecule has 106 valence electrons. The topological polar surface area (TPSA) is 38.3 Å². The fourth-order valence-corrected chi connectivity index (χ4v) is 2.62. The molecule has 0 saturated carbocycles. The number of nitrogens with one attached hydrogen (secondary N) is 1. The third-order valence-electron chi connectivity index (χ3n) is 2.87. The van der Waals surface area contributed by atoms with E-state index in [0.29, 0.717) is 25.1 Å². The molecule has 1 N–H and O–H groups in total. The molecule has 2 aromatic rings. The molecule has 1 amide bonds. The average molecular weight is 293 g/mol. The van der Waals surface area contributed by atoms with Crippen LogP contribution in [-0.2, 0) is 17.6 Å². The highest BCUT2D eigenvalue weighted by atomic mass is 32.1. The molecular formula is C15H16FNO2S. The van der Waals surface area contributed by atoms with E-state index in [2.05, 4.69) is 5.32 Å². The number of halogens is 1. The zero-order valence-corrected chi connectivity index (χ0v) is 12.0. The molecule has 0 unspecified atom stereocenters. The minimum Gasteiger partial charge on any atom is -0.496 e. The van der Waals surface area contributed by atoms with Crippen LogP contribution in [0.4, 0.5) is 4.39 Å². The van der Waals surface area contributed by atoms with E-state index in [1.807, 2.05) is 17.5 Å². The van der Waals surface area contributed by atoms with Gasteiger partial charge in [0.05, 0.1) is 13.5 Å². The van der Waals surface area contributed by atoms with Crippen LogP contribution >= 0.6 is 11.3 Å². The second-order valence-electron chi connectivity index (χ2n) is 4.31. The van der Waals surface area contributed by atoms with Crippen molar-refractivity contribution in [2.24, 2.45) is 0 Å². The second-order valence-corrected chi connectivity index (χ2v) is 5.34. The summed E-state index contributed by atoms with van der Waals surface area (Å²) in [5.41, 5.74) is 0.754. The zero-order chi connectivity index (χ0) is 14.4. The molecular weight excluding hydrogens is 277 g/mol. The summed E-state index contributed by atoms with van der Waals surface area (Å²) in [5.74, 6) is 0.312. The Balaban J connectivity index is 1.83. The van der Waals surface area contributed by atoms with Crippen LogP contribution < -0.4 is 10.1 Å². The minimum absolute atomic E-state index is 0.0252. The third kappa shape index (κ3) is 4.06. The lowest BCUT2D eigenvalue weighted by Crippen LogP contribution is -2.27. The smallest absolute Gasteiger partial charge is 0.225 e. The molecule has 0 fully saturated rings. The summed E-state index contributed by atoms with van der Waals surface area (Å²) in [4.78, 5) is 12.7. The van der Waals surface area contributed by atoms with Gasteiger partial charge in [-0.1, -0.05) is 6.07 Å². The Morgan fingerprint density at radius 1 is 1.40 bits per heavy atom. The molecule has 2 rings (SSSR count). The quantitative estimate of drug-likeness (QED) is 0.889. The molecule has 0 aliphatic carbocycles. The van der Waals surface area contributed by atoms with Crippen LogP contribution in [0.25, 0.3) is 0 Å². The maximum atomic E-state index is 13.2. The Labute approximate surface area is 121 Å². The van der Waals surface area contributed by atoms with Crippen LogP contribution in [-0.4, -0.2) is 19.6 Å². The van der Waals surface area contributed by atoms with Crippen LogP contribution in [0.3, 0.4) is 0 Å². The van der Waals surface area contributed by atoms with E-state index in [1.54, 1.807) is 24.5 Å². The van der Waals surface area contributed by atoms with Crippen molar-refractivity contribution in [2.75, 3.05) is 13.7 Å². The van der Waals surface area contributed by atoms with Gasteiger partial charge in [0.2, 0.25) is 5.91 Å². The summed E-state index contributed by atoms with van der Waals surface area (Å²) in [6.45, 7) is 0.462. The second kappa shape index (κ2) is 7.05. The maximum absolute atomic E-state index is 13.2. The number of thiophene rings is 1. The molecule has 1 heterocycles. The van der Waals surface area contributed by atoms with Crippen LogP contribution in [0, 0.1) is 5.82 Å². The standard InChI is InChI=1S/C15H16FNO2S/c1-19-14-5-4-12(16)9-11(14)6-7-17-15(18)10-13-3-2-8-20-13/h2-5,8-9H,6-7,10H2,1H3,(H,17,18). The Morgan fingerprint density at radius 2 is 2.25 bits per heavy atom. The van der Waals surface area contributed by atoms with E-state index in [0.717, 1.165) is 10.4 Å². The van der Waals surface area contributed by atoms with Gasteiger partial charge in [-0.2, -0.15) is 0 Å². The van der Waals surface area contributed by atoms with Gasteiger partial charge in [-0.15, -0.1) is 11.3 Å². The van der Waals surface area contributed by atoms with Gasteiger partial charge in [0.15, 0.2) is 0 Å². The summed E-state index contributed by atoms with van der Waals surface area (Å²) in [7, 11) is 1.55. The van der Waals surface area contributed by atoms with Crippen LogP contribution in [0.5, 0.6) is 5.75 Å². The lowest BCUT2D eigenvalue weighted by atomic mass is 10.1. The third-order valence-corrected chi connectivity index (χ3v) is 3.75. The van der Waals surface area contributed by atoms with Crippen molar-refractivity contribution in [1.82, 2.24) is 5.32 Å². The van der Waals surface area contributed by atoms with Crippen molar-refractivity contribution in [2.45, 2.75) is 12.8 Å². The fraction of sp³-hybridized carbons (Fsp3) is 0.267. The molecule has 0 bridgehead atoms. The first-order chi connectivity index (χ1) is 9.69. The molecule has 0 atom stereocenters. The highest BCUT2D eigenvalue weighted by molar-refractivity contribution is 7.10. The van der Waals surface area contributed by atoms with Crippen molar-refractivity contribution in [1.29, 1.82) is 0 Å². The molecule has 0 radical (unpaired) electrons. The predicted molar refractivity (Wildman–Crippen MR) is 77.7 cm³/mol.